The van der Waals surface area contributed by atoms with E-state index in [1.807, 2.05) is 7.05 Å². The third-order valence-electron chi connectivity index (χ3n) is 2.75. The van der Waals surface area contributed by atoms with Gasteiger partial charge in [0.25, 0.3) is 0 Å². The van der Waals surface area contributed by atoms with Crippen LogP contribution in [0.25, 0.3) is 11.3 Å². The lowest BCUT2D eigenvalue weighted by molar-refractivity contribution is 0.776. The van der Waals surface area contributed by atoms with Crippen LogP contribution < -0.4 is 5.73 Å². The lowest BCUT2D eigenvalue weighted by Gasteiger charge is -2.06. The third kappa shape index (κ3) is 1.61. The van der Waals surface area contributed by atoms with Crippen molar-refractivity contribution in [2.24, 2.45) is 7.05 Å². The molecule has 0 spiro atoms. The maximum Gasteiger partial charge on any atom is 0.0908 e. The summed E-state index contributed by atoms with van der Waals surface area (Å²) in [5, 5.41) is 4.14. The Hall–Kier alpha value is -1.77. The van der Waals surface area contributed by atoms with Crippen molar-refractivity contribution in [1.29, 1.82) is 0 Å². The molecule has 0 fully saturated rings. The lowest BCUT2D eigenvalue weighted by Crippen LogP contribution is -1.96. The zero-order valence-electron chi connectivity index (χ0n) is 9.28. The minimum Gasteiger partial charge on any atom is -0.396 e. The van der Waals surface area contributed by atoms with Crippen LogP contribution in [0, 0.1) is 13.8 Å². The number of nitrogens with two attached hydrogens (primary N) is 1. The molecule has 0 radical (unpaired) electrons. The highest BCUT2D eigenvalue weighted by Gasteiger charge is 2.08. The predicted octanol–water partition coefficient (Wildman–Crippen LogP) is 2.29. The van der Waals surface area contributed by atoms with Gasteiger partial charge in [0.05, 0.1) is 17.6 Å². The van der Waals surface area contributed by atoms with Crippen molar-refractivity contribution in [3.8, 4) is 11.3 Å². The maximum atomic E-state index is 5.88. The average Bonchev–Trinajstić information content (AvgIpc) is 2.52. The van der Waals surface area contributed by atoms with Gasteiger partial charge in [-0.05, 0) is 31.0 Å². The Morgan fingerprint density at radius 2 is 1.93 bits per heavy atom. The van der Waals surface area contributed by atoms with E-state index >= 15 is 0 Å². The minimum atomic E-state index is 0.723. The molecule has 2 aromatic rings. The number of hydrogen-bond donors (Lipinski definition) is 1. The number of aromatic nitrogens is 2. The standard InChI is InChI=1S/C12H15N3/c1-8-4-5-10(6-9(8)2)12-11(13)7-14-15(12)3/h4-7H,13H2,1-3H3. The highest BCUT2D eigenvalue weighted by Crippen LogP contribution is 2.26. The van der Waals surface area contributed by atoms with Gasteiger partial charge in [0.15, 0.2) is 0 Å². The lowest BCUT2D eigenvalue weighted by atomic mass is 10.0. The van der Waals surface area contributed by atoms with Gasteiger partial charge in [-0.3, -0.25) is 4.68 Å². The van der Waals surface area contributed by atoms with Crippen LogP contribution in [0.3, 0.4) is 0 Å². The van der Waals surface area contributed by atoms with Gasteiger partial charge in [-0.25, -0.2) is 0 Å². The molecule has 0 amide bonds. The van der Waals surface area contributed by atoms with Crippen molar-refractivity contribution >= 4 is 5.69 Å². The van der Waals surface area contributed by atoms with Gasteiger partial charge in [0, 0.05) is 12.6 Å². The normalized spacial score (nSPS) is 10.6. The van der Waals surface area contributed by atoms with Gasteiger partial charge >= 0.3 is 0 Å². The van der Waals surface area contributed by atoms with Crippen molar-refractivity contribution in [3.05, 3.63) is 35.5 Å². The molecule has 0 unspecified atom stereocenters. The molecule has 15 heavy (non-hydrogen) atoms. The molecule has 2 N–H and O–H groups in total. The summed E-state index contributed by atoms with van der Waals surface area (Å²) < 4.78 is 1.80. The summed E-state index contributed by atoms with van der Waals surface area (Å²) in [5.74, 6) is 0. The van der Waals surface area contributed by atoms with Crippen LogP contribution in [0.2, 0.25) is 0 Å². The predicted molar refractivity (Wildman–Crippen MR) is 62.5 cm³/mol. The van der Waals surface area contributed by atoms with Gasteiger partial charge in [-0.1, -0.05) is 12.1 Å². The Labute approximate surface area is 89.5 Å². The first-order valence-electron chi connectivity index (χ1n) is 4.94. The summed E-state index contributed by atoms with van der Waals surface area (Å²) in [5.41, 5.74) is 11.3. The van der Waals surface area contributed by atoms with E-state index in [2.05, 4.69) is 37.1 Å². The molecule has 3 heteroatoms. The van der Waals surface area contributed by atoms with Crippen LogP contribution in [-0.4, -0.2) is 9.78 Å². The maximum absolute atomic E-state index is 5.88. The SMILES string of the molecule is Cc1ccc(-c2c(N)cnn2C)cc1C. The van der Waals surface area contributed by atoms with Crippen molar-refractivity contribution in [3.63, 3.8) is 0 Å². The van der Waals surface area contributed by atoms with Crippen molar-refractivity contribution in [2.75, 3.05) is 5.73 Å². The van der Waals surface area contributed by atoms with Gasteiger partial charge < -0.3 is 5.73 Å². The summed E-state index contributed by atoms with van der Waals surface area (Å²) in [7, 11) is 1.90. The van der Waals surface area contributed by atoms with E-state index in [-0.39, 0.29) is 0 Å². The number of rotatable bonds is 1. The topological polar surface area (TPSA) is 43.8 Å². The first-order chi connectivity index (χ1) is 7.09. The fraction of sp³-hybridized carbons (Fsp3) is 0.250. The molecular formula is C12H15N3. The first-order valence-corrected chi connectivity index (χ1v) is 4.94. The molecule has 78 valence electrons. The zero-order valence-corrected chi connectivity index (χ0v) is 9.28. The van der Waals surface area contributed by atoms with Gasteiger partial charge in [0.1, 0.15) is 0 Å². The van der Waals surface area contributed by atoms with E-state index in [1.54, 1.807) is 10.9 Å². The smallest absolute Gasteiger partial charge is 0.0908 e. The quantitative estimate of drug-likeness (QED) is 0.769. The van der Waals surface area contributed by atoms with E-state index in [0.29, 0.717) is 0 Å². The number of aryl methyl sites for hydroxylation is 3. The second-order valence-corrected chi connectivity index (χ2v) is 3.87. The Kier molecular flexibility index (Phi) is 2.23. The van der Waals surface area contributed by atoms with E-state index in [1.165, 1.54) is 11.1 Å². The van der Waals surface area contributed by atoms with Gasteiger partial charge in [-0.2, -0.15) is 5.10 Å². The second kappa shape index (κ2) is 3.42. The van der Waals surface area contributed by atoms with Crippen molar-refractivity contribution in [1.82, 2.24) is 9.78 Å². The van der Waals surface area contributed by atoms with Gasteiger partial charge in [-0.15, -0.1) is 0 Å². The Balaban J connectivity index is 2.59. The van der Waals surface area contributed by atoms with Crippen molar-refractivity contribution in [2.45, 2.75) is 13.8 Å². The van der Waals surface area contributed by atoms with Gasteiger partial charge in [0.2, 0.25) is 0 Å². The molecule has 0 aliphatic rings. The van der Waals surface area contributed by atoms with Crippen LogP contribution in [0.1, 0.15) is 11.1 Å². The molecular weight excluding hydrogens is 186 g/mol. The van der Waals surface area contributed by atoms with Crippen molar-refractivity contribution < 1.29 is 0 Å². The third-order valence-corrected chi connectivity index (χ3v) is 2.75. The molecule has 0 aliphatic heterocycles. The molecule has 1 aromatic carbocycles. The second-order valence-electron chi connectivity index (χ2n) is 3.87. The molecule has 0 atom stereocenters. The highest BCUT2D eigenvalue weighted by atomic mass is 15.3. The molecule has 3 nitrogen and oxygen atoms in total. The molecule has 0 saturated carbocycles. The summed E-state index contributed by atoms with van der Waals surface area (Å²) in [6.07, 6.45) is 1.69. The molecule has 0 bridgehead atoms. The van der Waals surface area contributed by atoms with E-state index in [0.717, 1.165) is 16.9 Å². The molecule has 1 heterocycles. The molecule has 1 aromatic heterocycles. The first kappa shape index (κ1) is 9.77. The highest BCUT2D eigenvalue weighted by molar-refractivity contribution is 5.73. The Bertz CT molecular complexity index is 478. The number of nitrogen functional groups attached to an aromatic ring is 1. The summed E-state index contributed by atoms with van der Waals surface area (Å²) >= 11 is 0. The largest absolute Gasteiger partial charge is 0.396 e. The zero-order chi connectivity index (χ0) is 11.0. The Morgan fingerprint density at radius 1 is 1.20 bits per heavy atom. The van der Waals surface area contributed by atoms with E-state index in [9.17, 15) is 0 Å². The number of hydrogen-bond acceptors (Lipinski definition) is 2. The minimum absolute atomic E-state index is 0.723. The van der Waals surface area contributed by atoms with Crippen LogP contribution in [0.5, 0.6) is 0 Å². The molecule has 0 saturated heterocycles. The number of anilines is 1. The fourth-order valence-corrected chi connectivity index (χ4v) is 1.70. The molecule has 0 aliphatic carbocycles. The van der Waals surface area contributed by atoms with Crippen LogP contribution in [0.4, 0.5) is 5.69 Å². The summed E-state index contributed by atoms with van der Waals surface area (Å²) in [6.45, 7) is 4.21. The van der Waals surface area contributed by atoms with E-state index in [4.69, 9.17) is 5.73 Å². The Morgan fingerprint density at radius 3 is 2.47 bits per heavy atom. The number of nitrogens with zero attached hydrogens (tertiary/aromatic N) is 2. The van der Waals surface area contributed by atoms with Crippen LogP contribution in [0.15, 0.2) is 24.4 Å². The average molecular weight is 201 g/mol. The summed E-state index contributed by atoms with van der Waals surface area (Å²) in [6, 6.07) is 6.33. The summed E-state index contributed by atoms with van der Waals surface area (Å²) in [4.78, 5) is 0. The fourth-order valence-electron chi connectivity index (χ4n) is 1.70. The van der Waals surface area contributed by atoms with Crippen LogP contribution in [-0.2, 0) is 7.05 Å². The van der Waals surface area contributed by atoms with Crippen LogP contribution >= 0.6 is 0 Å². The van der Waals surface area contributed by atoms with E-state index < -0.39 is 0 Å². The number of benzene rings is 1. The monoisotopic (exact) mass is 201 g/mol. The molecule has 2 rings (SSSR count).